The number of carboxylic acids is 1. The topological polar surface area (TPSA) is 113 Å². The van der Waals surface area contributed by atoms with Gasteiger partial charge in [0.25, 0.3) is 5.91 Å². The maximum absolute atomic E-state index is 12.5. The summed E-state index contributed by atoms with van der Waals surface area (Å²) in [6.45, 7) is -0.0181. The zero-order valence-electron chi connectivity index (χ0n) is 14.8. The molecule has 7 nitrogen and oxygen atoms in total. The molecule has 0 aliphatic rings. The molecule has 3 rings (SSSR count). The summed E-state index contributed by atoms with van der Waals surface area (Å²) >= 11 is 0. The molecule has 0 atom stereocenters. The molecule has 0 aromatic heterocycles. The van der Waals surface area contributed by atoms with Crippen molar-refractivity contribution in [1.29, 1.82) is 0 Å². The lowest BCUT2D eigenvalue weighted by Gasteiger charge is -2.10. The van der Waals surface area contributed by atoms with Crippen molar-refractivity contribution in [2.45, 2.75) is 4.90 Å². The Morgan fingerprint density at radius 1 is 0.821 bits per heavy atom. The lowest BCUT2D eigenvalue weighted by atomic mass is 10.0. The number of fused-ring (bicyclic) bond motifs is 1. The number of amides is 1. The zero-order valence-corrected chi connectivity index (χ0v) is 15.6. The number of carbonyl (C=O) groups is 2. The summed E-state index contributed by atoms with van der Waals surface area (Å²) in [5.74, 6) is -1.79. The number of aromatic carboxylic acids is 1. The summed E-state index contributed by atoms with van der Waals surface area (Å²) in [5.41, 5.74) is -0.0850. The van der Waals surface area contributed by atoms with Gasteiger partial charge in [-0.05, 0) is 35.0 Å². The molecule has 8 heteroatoms. The highest BCUT2D eigenvalue weighted by atomic mass is 32.2. The van der Waals surface area contributed by atoms with Crippen LogP contribution in [0.15, 0.2) is 71.6 Å². The van der Waals surface area contributed by atoms with Gasteiger partial charge in [-0.1, -0.05) is 42.5 Å². The number of carbonyl (C=O) groups excluding carboxylic acids is 1. The molecule has 3 N–H and O–H groups in total. The van der Waals surface area contributed by atoms with E-state index in [0.717, 1.165) is 5.39 Å². The van der Waals surface area contributed by atoms with Crippen molar-refractivity contribution in [3.05, 3.63) is 77.9 Å². The van der Waals surface area contributed by atoms with E-state index < -0.39 is 21.9 Å². The van der Waals surface area contributed by atoms with E-state index in [2.05, 4.69) is 10.0 Å². The van der Waals surface area contributed by atoms with Crippen LogP contribution >= 0.6 is 0 Å². The molecule has 0 bridgehead atoms. The normalized spacial score (nSPS) is 11.3. The molecule has 144 valence electrons. The smallest absolute Gasteiger partial charge is 0.336 e. The number of sulfonamides is 1. The molecular weight excluding hydrogens is 380 g/mol. The van der Waals surface area contributed by atoms with Crippen LogP contribution < -0.4 is 10.0 Å². The van der Waals surface area contributed by atoms with Crippen LogP contribution in [0.5, 0.6) is 0 Å². The van der Waals surface area contributed by atoms with Gasteiger partial charge < -0.3 is 10.4 Å². The van der Waals surface area contributed by atoms with Crippen LogP contribution in [0.2, 0.25) is 0 Å². The monoisotopic (exact) mass is 398 g/mol. The third kappa shape index (κ3) is 4.36. The van der Waals surface area contributed by atoms with Crippen LogP contribution in [0.1, 0.15) is 20.7 Å². The van der Waals surface area contributed by atoms with Crippen molar-refractivity contribution in [3.63, 3.8) is 0 Å². The van der Waals surface area contributed by atoms with Gasteiger partial charge in [-0.3, -0.25) is 4.79 Å². The van der Waals surface area contributed by atoms with Gasteiger partial charge in [0.15, 0.2) is 0 Å². The van der Waals surface area contributed by atoms with Gasteiger partial charge in [0.2, 0.25) is 10.0 Å². The molecular formula is C20H18N2O5S. The molecule has 3 aromatic carbocycles. The van der Waals surface area contributed by atoms with Crippen molar-refractivity contribution >= 4 is 32.7 Å². The minimum absolute atomic E-state index is 0.0107. The summed E-state index contributed by atoms with van der Waals surface area (Å²) in [6.07, 6.45) is 0. The number of hydrogen-bond acceptors (Lipinski definition) is 4. The molecule has 0 radical (unpaired) electrons. The Kier molecular flexibility index (Phi) is 5.72. The maximum Gasteiger partial charge on any atom is 0.336 e. The van der Waals surface area contributed by atoms with Crippen LogP contribution in [0.25, 0.3) is 10.8 Å². The Hall–Kier alpha value is -3.23. The molecule has 0 unspecified atom stereocenters. The van der Waals surface area contributed by atoms with Gasteiger partial charge in [0, 0.05) is 13.1 Å². The summed E-state index contributed by atoms with van der Waals surface area (Å²) in [7, 11) is -3.67. The second-order valence-electron chi connectivity index (χ2n) is 6.02. The number of carboxylic acid groups (broad SMARTS) is 1. The Balaban J connectivity index is 1.68. The molecule has 0 spiro atoms. The Bertz CT molecular complexity index is 1130. The van der Waals surface area contributed by atoms with Gasteiger partial charge in [-0.25, -0.2) is 17.9 Å². The Morgan fingerprint density at radius 3 is 2.00 bits per heavy atom. The van der Waals surface area contributed by atoms with Crippen LogP contribution in [0, 0.1) is 0 Å². The van der Waals surface area contributed by atoms with E-state index >= 15 is 0 Å². The minimum atomic E-state index is -3.67. The maximum atomic E-state index is 12.5. The summed E-state index contributed by atoms with van der Waals surface area (Å²) in [5, 5.41) is 13.4. The van der Waals surface area contributed by atoms with Gasteiger partial charge in [0.1, 0.15) is 0 Å². The largest absolute Gasteiger partial charge is 0.478 e. The highest BCUT2D eigenvalue weighted by Crippen LogP contribution is 2.20. The average molecular weight is 398 g/mol. The van der Waals surface area contributed by atoms with Gasteiger partial charge in [0.05, 0.1) is 16.0 Å². The minimum Gasteiger partial charge on any atom is -0.478 e. The van der Waals surface area contributed by atoms with Gasteiger partial charge >= 0.3 is 5.97 Å². The van der Waals surface area contributed by atoms with E-state index in [0.29, 0.717) is 5.39 Å². The second-order valence-corrected chi connectivity index (χ2v) is 7.78. The Morgan fingerprint density at radius 2 is 1.39 bits per heavy atom. The first kappa shape index (κ1) is 19.5. The fourth-order valence-corrected chi connectivity index (χ4v) is 3.80. The summed E-state index contributed by atoms with van der Waals surface area (Å²) in [4.78, 5) is 24.1. The molecule has 1 amide bonds. The van der Waals surface area contributed by atoms with Gasteiger partial charge in [-0.2, -0.15) is 0 Å². The average Bonchev–Trinajstić information content (AvgIpc) is 2.70. The van der Waals surface area contributed by atoms with E-state index in [1.54, 1.807) is 42.5 Å². The molecule has 0 heterocycles. The first-order chi connectivity index (χ1) is 13.4. The lowest BCUT2D eigenvalue weighted by molar-refractivity contribution is 0.0691. The van der Waals surface area contributed by atoms with E-state index in [-0.39, 0.29) is 29.1 Å². The molecule has 0 aliphatic heterocycles. The zero-order chi connectivity index (χ0) is 20.1. The summed E-state index contributed by atoms with van der Waals surface area (Å²) < 4.78 is 26.7. The number of benzene rings is 3. The second kappa shape index (κ2) is 8.20. The van der Waals surface area contributed by atoms with Crippen molar-refractivity contribution < 1.29 is 23.1 Å². The van der Waals surface area contributed by atoms with E-state index in [1.165, 1.54) is 24.3 Å². The fourth-order valence-electron chi connectivity index (χ4n) is 2.74. The van der Waals surface area contributed by atoms with Crippen LogP contribution in [-0.4, -0.2) is 38.5 Å². The van der Waals surface area contributed by atoms with Crippen molar-refractivity contribution in [2.75, 3.05) is 13.1 Å². The highest BCUT2D eigenvalue weighted by Gasteiger charge is 2.18. The highest BCUT2D eigenvalue weighted by molar-refractivity contribution is 7.89. The predicted molar refractivity (Wildman–Crippen MR) is 105 cm³/mol. The third-order valence-electron chi connectivity index (χ3n) is 4.12. The standard InChI is InChI=1S/C20H18N2O5S/c23-19(21-10-11-22-28(26,27)16-8-2-1-3-9-16)17-12-14-6-4-5-7-15(14)13-18(17)20(24)25/h1-9,12-13,22H,10-11H2,(H,21,23)(H,24,25). The van der Waals surface area contributed by atoms with E-state index in [9.17, 15) is 23.1 Å². The predicted octanol–water partition coefficient (Wildman–Crippen LogP) is 2.25. The molecule has 0 fully saturated rings. The first-order valence-electron chi connectivity index (χ1n) is 8.47. The first-order valence-corrected chi connectivity index (χ1v) is 9.96. The fraction of sp³-hybridized carbons (Fsp3) is 0.100. The molecule has 0 saturated carbocycles. The number of hydrogen-bond donors (Lipinski definition) is 3. The SMILES string of the molecule is O=C(O)c1cc2ccccc2cc1C(=O)NCCNS(=O)(=O)c1ccccc1. The number of rotatable bonds is 7. The molecule has 0 saturated heterocycles. The van der Waals surface area contributed by atoms with Crippen molar-refractivity contribution in [1.82, 2.24) is 10.0 Å². The third-order valence-corrected chi connectivity index (χ3v) is 5.59. The Labute approximate surface area is 162 Å². The molecule has 0 aliphatic carbocycles. The lowest BCUT2D eigenvalue weighted by Crippen LogP contribution is -2.35. The van der Waals surface area contributed by atoms with Crippen molar-refractivity contribution in [3.8, 4) is 0 Å². The van der Waals surface area contributed by atoms with Gasteiger partial charge in [-0.15, -0.1) is 0 Å². The van der Waals surface area contributed by atoms with E-state index in [1.807, 2.05) is 0 Å². The van der Waals surface area contributed by atoms with E-state index in [4.69, 9.17) is 0 Å². The molecule has 3 aromatic rings. The summed E-state index contributed by atoms with van der Waals surface area (Å²) in [6, 6.07) is 18.0. The quantitative estimate of drug-likeness (QED) is 0.529. The van der Waals surface area contributed by atoms with Crippen LogP contribution in [0.3, 0.4) is 0 Å². The molecule has 28 heavy (non-hydrogen) atoms. The van der Waals surface area contributed by atoms with Crippen molar-refractivity contribution in [2.24, 2.45) is 0 Å². The number of nitrogens with one attached hydrogen (secondary N) is 2. The van der Waals surface area contributed by atoms with Crippen LogP contribution in [0.4, 0.5) is 0 Å². The van der Waals surface area contributed by atoms with Crippen LogP contribution in [-0.2, 0) is 10.0 Å².